The smallest absolute Gasteiger partial charge is 0.207 e. The monoisotopic (exact) mass is 323 g/mol. The SMILES string of the molecule is O=S(=O)(c1ccc(Cl)cc1)N1CC[C@@H](Br)C1. The van der Waals surface area contributed by atoms with Crippen molar-refractivity contribution in [3.63, 3.8) is 0 Å². The molecular formula is C10H11BrClNO2S. The number of sulfonamides is 1. The summed E-state index contributed by atoms with van der Waals surface area (Å²) in [6, 6.07) is 6.27. The summed E-state index contributed by atoms with van der Waals surface area (Å²) in [5, 5.41) is 0.540. The second-order valence-corrected chi connectivity index (χ2v) is 7.37. The van der Waals surface area contributed by atoms with Gasteiger partial charge in [-0.25, -0.2) is 8.42 Å². The zero-order valence-corrected chi connectivity index (χ0v) is 11.6. The van der Waals surface area contributed by atoms with Gasteiger partial charge in [-0.2, -0.15) is 4.31 Å². The van der Waals surface area contributed by atoms with Gasteiger partial charge in [0.25, 0.3) is 0 Å². The maximum absolute atomic E-state index is 12.2. The first-order valence-electron chi connectivity index (χ1n) is 4.90. The van der Waals surface area contributed by atoms with Crippen molar-refractivity contribution in [1.82, 2.24) is 4.31 Å². The molecule has 1 aromatic carbocycles. The minimum Gasteiger partial charge on any atom is -0.207 e. The predicted molar refractivity (Wildman–Crippen MR) is 67.5 cm³/mol. The number of alkyl halides is 1. The zero-order valence-electron chi connectivity index (χ0n) is 8.44. The van der Waals surface area contributed by atoms with Crippen LogP contribution in [0, 0.1) is 0 Å². The number of benzene rings is 1. The van der Waals surface area contributed by atoms with E-state index in [-0.39, 0.29) is 4.83 Å². The van der Waals surface area contributed by atoms with Gasteiger partial charge < -0.3 is 0 Å². The van der Waals surface area contributed by atoms with Crippen molar-refractivity contribution in [3.05, 3.63) is 29.3 Å². The van der Waals surface area contributed by atoms with Crippen LogP contribution in [0.4, 0.5) is 0 Å². The number of halogens is 2. The van der Waals surface area contributed by atoms with Crippen LogP contribution >= 0.6 is 27.5 Å². The standard InChI is InChI=1S/C10H11BrClNO2S/c11-8-5-6-13(7-8)16(14,15)10-3-1-9(12)2-4-10/h1-4,8H,5-7H2/t8-/m1/s1. The van der Waals surface area contributed by atoms with Gasteiger partial charge in [0.15, 0.2) is 0 Å². The van der Waals surface area contributed by atoms with Crippen LogP contribution in [0.15, 0.2) is 29.2 Å². The molecule has 0 unspecified atom stereocenters. The molecule has 88 valence electrons. The predicted octanol–water partition coefficient (Wildman–Crippen LogP) is 2.50. The van der Waals surface area contributed by atoms with Crippen molar-refractivity contribution < 1.29 is 8.42 Å². The van der Waals surface area contributed by atoms with E-state index in [2.05, 4.69) is 15.9 Å². The molecular weight excluding hydrogens is 314 g/mol. The lowest BCUT2D eigenvalue weighted by atomic mass is 10.4. The van der Waals surface area contributed by atoms with Crippen LogP contribution in [0.5, 0.6) is 0 Å². The molecule has 6 heteroatoms. The Balaban J connectivity index is 2.29. The number of rotatable bonds is 2. The molecule has 1 aliphatic rings. The van der Waals surface area contributed by atoms with Crippen LogP contribution in [-0.4, -0.2) is 30.6 Å². The topological polar surface area (TPSA) is 37.4 Å². The summed E-state index contributed by atoms with van der Waals surface area (Å²) >= 11 is 9.16. The summed E-state index contributed by atoms with van der Waals surface area (Å²) in [4.78, 5) is 0.563. The van der Waals surface area contributed by atoms with E-state index in [1.54, 1.807) is 24.3 Å². The Bertz CT molecular complexity index is 474. The molecule has 1 aliphatic heterocycles. The maximum Gasteiger partial charge on any atom is 0.243 e. The lowest BCUT2D eigenvalue weighted by Crippen LogP contribution is -2.28. The first kappa shape index (κ1) is 12.4. The first-order chi connectivity index (χ1) is 7.50. The Labute approximate surface area is 109 Å². The molecule has 0 bridgehead atoms. The Kier molecular flexibility index (Phi) is 3.59. The minimum atomic E-state index is -3.34. The van der Waals surface area contributed by atoms with Gasteiger partial charge in [-0.15, -0.1) is 0 Å². The summed E-state index contributed by atoms with van der Waals surface area (Å²) in [6.45, 7) is 1.10. The molecule has 3 nitrogen and oxygen atoms in total. The van der Waals surface area contributed by atoms with Crippen LogP contribution in [0.1, 0.15) is 6.42 Å². The third-order valence-electron chi connectivity index (χ3n) is 2.54. The molecule has 1 heterocycles. The Morgan fingerprint density at radius 1 is 1.31 bits per heavy atom. The van der Waals surface area contributed by atoms with Crippen molar-refractivity contribution >= 4 is 37.6 Å². The van der Waals surface area contributed by atoms with Gasteiger partial charge in [-0.3, -0.25) is 0 Å². The molecule has 1 atom stereocenters. The molecule has 0 aliphatic carbocycles. The fourth-order valence-corrected chi connectivity index (χ4v) is 4.03. The largest absolute Gasteiger partial charge is 0.243 e. The van der Waals surface area contributed by atoms with Crippen molar-refractivity contribution in [3.8, 4) is 0 Å². The van der Waals surface area contributed by atoms with E-state index in [0.717, 1.165) is 6.42 Å². The van der Waals surface area contributed by atoms with E-state index < -0.39 is 10.0 Å². The Morgan fingerprint density at radius 2 is 1.94 bits per heavy atom. The highest BCUT2D eigenvalue weighted by molar-refractivity contribution is 9.09. The maximum atomic E-state index is 12.2. The lowest BCUT2D eigenvalue weighted by Gasteiger charge is -2.15. The van der Waals surface area contributed by atoms with E-state index in [1.165, 1.54) is 4.31 Å². The van der Waals surface area contributed by atoms with Crippen LogP contribution in [0.2, 0.25) is 5.02 Å². The van der Waals surface area contributed by atoms with Crippen molar-refractivity contribution in [2.75, 3.05) is 13.1 Å². The van der Waals surface area contributed by atoms with Crippen molar-refractivity contribution in [1.29, 1.82) is 0 Å². The molecule has 16 heavy (non-hydrogen) atoms. The number of nitrogens with zero attached hydrogens (tertiary/aromatic N) is 1. The van der Waals surface area contributed by atoms with Crippen molar-refractivity contribution in [2.45, 2.75) is 16.1 Å². The van der Waals surface area contributed by atoms with E-state index >= 15 is 0 Å². The molecule has 0 amide bonds. The normalized spacial score (nSPS) is 22.5. The quantitative estimate of drug-likeness (QED) is 0.784. The molecule has 0 saturated carbocycles. The molecule has 1 fully saturated rings. The van der Waals surface area contributed by atoms with E-state index in [0.29, 0.717) is 23.0 Å². The summed E-state index contributed by atoms with van der Waals surface area (Å²) in [6.07, 6.45) is 0.854. The number of hydrogen-bond acceptors (Lipinski definition) is 2. The number of hydrogen-bond donors (Lipinski definition) is 0. The highest BCUT2D eigenvalue weighted by atomic mass is 79.9. The summed E-state index contributed by atoms with van der Waals surface area (Å²) < 4.78 is 25.8. The van der Waals surface area contributed by atoms with E-state index in [4.69, 9.17) is 11.6 Å². The van der Waals surface area contributed by atoms with Crippen LogP contribution in [0.3, 0.4) is 0 Å². The Hall–Kier alpha value is -0.100. The highest BCUT2D eigenvalue weighted by Gasteiger charge is 2.31. The van der Waals surface area contributed by atoms with Gasteiger partial charge >= 0.3 is 0 Å². The molecule has 1 saturated heterocycles. The average molecular weight is 325 g/mol. The highest BCUT2D eigenvalue weighted by Crippen LogP contribution is 2.25. The average Bonchev–Trinajstić information content (AvgIpc) is 2.66. The second-order valence-electron chi connectivity index (χ2n) is 3.70. The molecule has 2 rings (SSSR count). The van der Waals surface area contributed by atoms with E-state index in [9.17, 15) is 8.42 Å². The van der Waals surface area contributed by atoms with E-state index in [1.807, 2.05) is 0 Å². The van der Waals surface area contributed by atoms with Gasteiger partial charge in [-0.1, -0.05) is 27.5 Å². The zero-order chi connectivity index (χ0) is 11.8. The van der Waals surface area contributed by atoms with Gasteiger partial charge in [-0.05, 0) is 30.7 Å². The summed E-state index contributed by atoms with van der Waals surface area (Å²) in [5.41, 5.74) is 0. The summed E-state index contributed by atoms with van der Waals surface area (Å²) in [7, 11) is -3.34. The fraction of sp³-hybridized carbons (Fsp3) is 0.400. The molecule has 0 radical (unpaired) electrons. The van der Waals surface area contributed by atoms with Gasteiger partial charge in [0, 0.05) is 22.9 Å². The van der Waals surface area contributed by atoms with Gasteiger partial charge in [0.05, 0.1) is 4.90 Å². The Morgan fingerprint density at radius 3 is 2.44 bits per heavy atom. The summed E-state index contributed by atoms with van der Waals surface area (Å²) in [5.74, 6) is 0. The third kappa shape index (κ3) is 2.42. The first-order valence-corrected chi connectivity index (χ1v) is 7.63. The van der Waals surface area contributed by atoms with Gasteiger partial charge in [0.1, 0.15) is 0 Å². The molecule has 1 aromatic rings. The molecule has 0 N–H and O–H groups in total. The van der Waals surface area contributed by atoms with Crippen molar-refractivity contribution in [2.24, 2.45) is 0 Å². The fourth-order valence-electron chi connectivity index (χ4n) is 1.66. The molecule has 0 aromatic heterocycles. The van der Waals surface area contributed by atoms with Gasteiger partial charge in [0.2, 0.25) is 10.0 Å². The minimum absolute atomic E-state index is 0.259. The lowest BCUT2D eigenvalue weighted by molar-refractivity contribution is 0.478. The second kappa shape index (κ2) is 4.64. The molecule has 0 spiro atoms. The van der Waals surface area contributed by atoms with Crippen LogP contribution in [-0.2, 0) is 10.0 Å². The third-order valence-corrected chi connectivity index (χ3v) is 5.42. The van der Waals surface area contributed by atoms with Crippen LogP contribution < -0.4 is 0 Å². The van der Waals surface area contributed by atoms with Crippen LogP contribution in [0.25, 0.3) is 0 Å².